The molecule has 2 aromatic rings. The number of morpholine rings is 1. The number of hydrogen-bond donors (Lipinski definition) is 2. The van der Waals surface area contributed by atoms with Gasteiger partial charge >= 0.3 is 0 Å². The molecule has 7 heteroatoms. The van der Waals surface area contributed by atoms with Gasteiger partial charge in [-0.25, -0.2) is 4.98 Å². The second kappa shape index (κ2) is 5.56. The molecule has 1 fully saturated rings. The van der Waals surface area contributed by atoms with Gasteiger partial charge in [-0.05, 0) is 13.0 Å². The molecule has 1 saturated heterocycles. The van der Waals surface area contributed by atoms with Crippen LogP contribution in [0, 0.1) is 6.92 Å². The zero-order valence-electron chi connectivity index (χ0n) is 11.3. The molecule has 0 saturated carbocycles. The summed E-state index contributed by atoms with van der Waals surface area (Å²) in [6.45, 7) is 4.77. The van der Waals surface area contributed by atoms with Crippen LogP contribution in [0.2, 0.25) is 0 Å². The van der Waals surface area contributed by atoms with Crippen LogP contribution in [-0.4, -0.2) is 44.8 Å². The highest BCUT2D eigenvalue weighted by atomic mass is 16.5. The van der Waals surface area contributed by atoms with Crippen LogP contribution in [0.4, 0.5) is 0 Å². The summed E-state index contributed by atoms with van der Waals surface area (Å²) < 4.78 is 5.72. The van der Waals surface area contributed by atoms with Gasteiger partial charge in [0.05, 0.1) is 6.61 Å². The summed E-state index contributed by atoms with van der Waals surface area (Å²) in [7, 11) is 0. The van der Waals surface area contributed by atoms with Crippen molar-refractivity contribution in [3.8, 4) is 0 Å². The van der Waals surface area contributed by atoms with Crippen molar-refractivity contribution in [2.45, 2.75) is 19.6 Å². The van der Waals surface area contributed by atoms with Crippen molar-refractivity contribution >= 4 is 0 Å². The lowest BCUT2D eigenvalue weighted by Crippen LogP contribution is -2.39. The van der Waals surface area contributed by atoms with E-state index in [2.05, 4.69) is 25.1 Å². The Hall–Kier alpha value is -1.99. The van der Waals surface area contributed by atoms with E-state index in [1.165, 1.54) is 6.07 Å². The summed E-state index contributed by atoms with van der Waals surface area (Å²) in [6.07, 6.45) is 1.55. The number of rotatable bonds is 3. The number of H-pyrrole nitrogens is 2. The van der Waals surface area contributed by atoms with Gasteiger partial charge in [-0.15, -0.1) is 0 Å². The summed E-state index contributed by atoms with van der Waals surface area (Å²) >= 11 is 0. The minimum atomic E-state index is -0.195. The number of aryl methyl sites for hydroxylation is 1. The van der Waals surface area contributed by atoms with Gasteiger partial charge in [-0.2, -0.15) is 5.10 Å². The van der Waals surface area contributed by atoms with Gasteiger partial charge in [0.25, 0.3) is 5.56 Å². The van der Waals surface area contributed by atoms with Crippen molar-refractivity contribution in [2.24, 2.45) is 0 Å². The van der Waals surface area contributed by atoms with Crippen LogP contribution >= 0.6 is 0 Å². The van der Waals surface area contributed by atoms with E-state index >= 15 is 0 Å². The van der Waals surface area contributed by atoms with Crippen LogP contribution < -0.4 is 5.56 Å². The van der Waals surface area contributed by atoms with Crippen molar-refractivity contribution in [3.05, 3.63) is 45.9 Å². The number of nitrogens with one attached hydrogen (secondary N) is 2. The number of aromatic amines is 2. The van der Waals surface area contributed by atoms with Gasteiger partial charge in [0, 0.05) is 43.3 Å². The van der Waals surface area contributed by atoms with E-state index in [0.29, 0.717) is 24.7 Å². The van der Waals surface area contributed by atoms with Crippen LogP contribution in [0.3, 0.4) is 0 Å². The molecule has 2 aromatic heterocycles. The van der Waals surface area contributed by atoms with Gasteiger partial charge < -0.3 is 9.72 Å². The van der Waals surface area contributed by atoms with Crippen LogP contribution in [0.5, 0.6) is 0 Å². The number of ether oxygens (including phenoxy) is 1. The largest absolute Gasteiger partial charge is 0.368 e. The zero-order valence-corrected chi connectivity index (χ0v) is 11.3. The van der Waals surface area contributed by atoms with Crippen molar-refractivity contribution < 1.29 is 4.74 Å². The number of hydrogen-bond acceptors (Lipinski definition) is 5. The first-order chi connectivity index (χ1) is 9.70. The number of nitrogens with zero attached hydrogens (tertiary/aromatic N) is 3. The fraction of sp³-hybridized carbons (Fsp3) is 0.462. The topological polar surface area (TPSA) is 86.9 Å². The maximum Gasteiger partial charge on any atom is 0.251 e. The predicted octanol–water partition coefficient (Wildman–Crippen LogP) is 0.375. The molecule has 2 N–H and O–H groups in total. The van der Waals surface area contributed by atoms with Crippen LogP contribution in [0.1, 0.15) is 23.3 Å². The van der Waals surface area contributed by atoms with E-state index in [1.54, 1.807) is 6.20 Å². The van der Waals surface area contributed by atoms with Gasteiger partial charge in [-0.1, -0.05) is 0 Å². The monoisotopic (exact) mass is 275 g/mol. The maximum atomic E-state index is 11.5. The van der Waals surface area contributed by atoms with Crippen molar-refractivity contribution in [2.75, 3.05) is 19.7 Å². The molecule has 1 atom stereocenters. The Bertz CT molecular complexity index is 622. The third-order valence-corrected chi connectivity index (χ3v) is 3.30. The molecule has 1 aliphatic rings. The second-order valence-corrected chi connectivity index (χ2v) is 4.95. The summed E-state index contributed by atoms with van der Waals surface area (Å²) in [6, 6.07) is 3.44. The summed E-state index contributed by atoms with van der Waals surface area (Å²) in [5.41, 5.74) is 1.64. The van der Waals surface area contributed by atoms with E-state index in [1.807, 2.05) is 13.0 Å². The lowest BCUT2D eigenvalue weighted by molar-refractivity contribution is -0.0377. The van der Waals surface area contributed by atoms with Gasteiger partial charge in [-0.3, -0.25) is 14.8 Å². The fourth-order valence-electron chi connectivity index (χ4n) is 2.38. The highest BCUT2D eigenvalue weighted by molar-refractivity contribution is 5.04. The average Bonchev–Trinajstić information content (AvgIpc) is 2.91. The van der Waals surface area contributed by atoms with Gasteiger partial charge in [0.1, 0.15) is 11.9 Å². The maximum absolute atomic E-state index is 11.5. The third kappa shape index (κ3) is 2.94. The van der Waals surface area contributed by atoms with Crippen LogP contribution in [0.25, 0.3) is 0 Å². The van der Waals surface area contributed by atoms with Crippen molar-refractivity contribution in [3.63, 3.8) is 0 Å². The smallest absolute Gasteiger partial charge is 0.251 e. The van der Waals surface area contributed by atoms with E-state index in [0.717, 1.165) is 18.8 Å². The van der Waals surface area contributed by atoms with Gasteiger partial charge in [0.2, 0.25) is 0 Å². The molecule has 3 heterocycles. The molecule has 7 nitrogen and oxygen atoms in total. The quantitative estimate of drug-likeness (QED) is 0.845. The summed E-state index contributed by atoms with van der Waals surface area (Å²) in [5.74, 6) is 0.601. The van der Waals surface area contributed by atoms with Gasteiger partial charge in [0.15, 0.2) is 0 Å². The van der Waals surface area contributed by atoms with E-state index in [4.69, 9.17) is 4.74 Å². The van der Waals surface area contributed by atoms with Crippen molar-refractivity contribution in [1.29, 1.82) is 0 Å². The average molecular weight is 275 g/mol. The molecule has 1 aliphatic heterocycles. The first-order valence-electron chi connectivity index (χ1n) is 6.61. The lowest BCUT2D eigenvalue weighted by atomic mass is 10.2. The Morgan fingerprint density at radius 2 is 2.45 bits per heavy atom. The molecule has 0 bridgehead atoms. The molecule has 0 radical (unpaired) electrons. The third-order valence-electron chi connectivity index (χ3n) is 3.30. The standard InChI is InChI=1S/C13H17N5O2/c1-9-6-12(19)16-13(15-9)11-8-18(4-5-20-11)7-10-2-3-14-17-10/h2-3,6,11H,4-5,7-8H2,1H3,(H,14,17)(H,15,16,19). The highest BCUT2D eigenvalue weighted by Crippen LogP contribution is 2.19. The lowest BCUT2D eigenvalue weighted by Gasteiger charge is -2.31. The zero-order chi connectivity index (χ0) is 13.9. The van der Waals surface area contributed by atoms with Crippen LogP contribution in [-0.2, 0) is 11.3 Å². The normalized spacial score (nSPS) is 20.1. The van der Waals surface area contributed by atoms with E-state index in [9.17, 15) is 4.79 Å². The molecular formula is C13H17N5O2. The second-order valence-electron chi connectivity index (χ2n) is 4.95. The van der Waals surface area contributed by atoms with Crippen LogP contribution in [0.15, 0.2) is 23.1 Å². The molecular weight excluding hydrogens is 258 g/mol. The highest BCUT2D eigenvalue weighted by Gasteiger charge is 2.24. The van der Waals surface area contributed by atoms with E-state index < -0.39 is 0 Å². The molecule has 106 valence electrons. The fourth-order valence-corrected chi connectivity index (χ4v) is 2.38. The molecule has 0 aliphatic carbocycles. The number of aromatic nitrogens is 4. The Morgan fingerprint density at radius 1 is 1.55 bits per heavy atom. The first kappa shape index (κ1) is 13.0. The molecule has 0 aromatic carbocycles. The Labute approximate surface area is 116 Å². The minimum Gasteiger partial charge on any atom is -0.368 e. The Balaban J connectivity index is 1.72. The molecule has 0 amide bonds. The minimum absolute atomic E-state index is 0.137. The molecule has 0 spiro atoms. The SMILES string of the molecule is Cc1cc(=O)[nH]c(C2CN(Cc3ccn[nH]3)CCO2)n1. The van der Waals surface area contributed by atoms with Crippen molar-refractivity contribution in [1.82, 2.24) is 25.1 Å². The van der Waals surface area contributed by atoms with E-state index in [-0.39, 0.29) is 11.7 Å². The molecule has 1 unspecified atom stereocenters. The summed E-state index contributed by atoms with van der Waals surface area (Å²) in [4.78, 5) is 20.9. The summed E-state index contributed by atoms with van der Waals surface area (Å²) in [5, 5.41) is 6.90. The predicted molar refractivity (Wildman–Crippen MR) is 72.2 cm³/mol. The Morgan fingerprint density at radius 3 is 3.20 bits per heavy atom. The molecule has 20 heavy (non-hydrogen) atoms. The molecule has 3 rings (SSSR count). The Kier molecular flexibility index (Phi) is 3.62. The first-order valence-corrected chi connectivity index (χ1v) is 6.61.